The number of hydrogen-bond acceptors (Lipinski definition) is 3. The third-order valence-corrected chi connectivity index (χ3v) is 2.59. The molecule has 0 aromatic rings. The van der Waals surface area contributed by atoms with Crippen molar-refractivity contribution in [2.75, 3.05) is 7.11 Å². The Morgan fingerprint density at radius 1 is 1.30 bits per heavy atom. The molecule has 0 saturated heterocycles. The van der Waals surface area contributed by atoms with Crippen molar-refractivity contribution in [3.8, 4) is 0 Å². The van der Waals surface area contributed by atoms with E-state index in [0.29, 0.717) is 12.3 Å². The van der Waals surface area contributed by atoms with Gasteiger partial charge < -0.3 is 9.84 Å². The fourth-order valence-electron chi connectivity index (χ4n) is 1.64. The first-order chi connectivity index (χ1) is 9.51. The number of allylic oxidation sites excluding steroid dienone is 7. The molecule has 0 aliphatic carbocycles. The number of hydrogen-bond donors (Lipinski definition) is 1. The lowest BCUT2D eigenvalue weighted by molar-refractivity contribution is -0.136. The van der Waals surface area contributed by atoms with Crippen LogP contribution in [0.2, 0.25) is 0 Å². The number of aliphatic carboxylic acids is 1. The fourth-order valence-corrected chi connectivity index (χ4v) is 1.64. The van der Waals surface area contributed by atoms with Crippen molar-refractivity contribution in [1.82, 2.24) is 0 Å². The summed E-state index contributed by atoms with van der Waals surface area (Å²) in [6, 6.07) is 0. The molecule has 0 fully saturated rings. The van der Waals surface area contributed by atoms with Gasteiger partial charge in [-0.05, 0) is 37.8 Å². The molecular formula is C16H22O4. The molecule has 0 bridgehead atoms. The average molecular weight is 278 g/mol. The molecule has 4 nitrogen and oxygen atoms in total. The van der Waals surface area contributed by atoms with Gasteiger partial charge in [-0.2, -0.15) is 0 Å². The fraction of sp³-hybridized carbons (Fsp3) is 0.375. The second kappa shape index (κ2) is 10.8. The molecule has 0 heterocycles. The Morgan fingerprint density at radius 2 is 2.00 bits per heavy atom. The van der Waals surface area contributed by atoms with Gasteiger partial charge in [-0.15, -0.1) is 0 Å². The molecule has 0 aromatic heterocycles. The van der Waals surface area contributed by atoms with E-state index in [-0.39, 0.29) is 5.76 Å². The maximum Gasteiger partial charge on any atom is 0.370 e. The highest BCUT2D eigenvalue weighted by Gasteiger charge is 2.05. The number of ether oxygens (including phenoxy) is 1. The molecule has 0 aromatic carbocycles. The van der Waals surface area contributed by atoms with Crippen LogP contribution in [-0.4, -0.2) is 24.5 Å². The van der Waals surface area contributed by atoms with Gasteiger partial charge in [0.25, 0.3) is 0 Å². The summed E-state index contributed by atoms with van der Waals surface area (Å²) in [5.74, 6) is -0.730. The molecule has 0 unspecified atom stereocenters. The molecule has 0 rings (SSSR count). The Balaban J connectivity index is 4.31. The van der Waals surface area contributed by atoms with E-state index in [1.165, 1.54) is 13.2 Å². The number of carboxylic acids is 1. The Kier molecular flexibility index (Phi) is 9.66. The lowest BCUT2D eigenvalue weighted by atomic mass is 10.0. The largest absolute Gasteiger partial charge is 0.490 e. The van der Waals surface area contributed by atoms with Gasteiger partial charge >= 0.3 is 5.97 Å². The van der Waals surface area contributed by atoms with Gasteiger partial charge in [0.2, 0.25) is 0 Å². The average Bonchev–Trinajstić information content (AvgIpc) is 2.39. The second-order valence-electron chi connectivity index (χ2n) is 4.42. The van der Waals surface area contributed by atoms with Crippen LogP contribution in [0.25, 0.3) is 0 Å². The van der Waals surface area contributed by atoms with Crippen molar-refractivity contribution in [1.29, 1.82) is 0 Å². The Hall–Kier alpha value is -2.10. The van der Waals surface area contributed by atoms with Crippen LogP contribution < -0.4 is 0 Å². The maximum absolute atomic E-state index is 10.7. The van der Waals surface area contributed by atoms with E-state index in [9.17, 15) is 9.59 Å². The summed E-state index contributed by atoms with van der Waals surface area (Å²) >= 11 is 0. The summed E-state index contributed by atoms with van der Waals surface area (Å²) in [5.41, 5.74) is 1.10. The van der Waals surface area contributed by atoms with Crippen LogP contribution in [0.4, 0.5) is 0 Å². The lowest BCUT2D eigenvalue weighted by Gasteiger charge is -2.05. The van der Waals surface area contributed by atoms with Gasteiger partial charge in [-0.1, -0.05) is 36.8 Å². The molecule has 0 aliphatic rings. The maximum atomic E-state index is 10.7. The third-order valence-electron chi connectivity index (χ3n) is 2.59. The first kappa shape index (κ1) is 17.9. The molecule has 20 heavy (non-hydrogen) atoms. The van der Waals surface area contributed by atoms with E-state index in [1.54, 1.807) is 18.2 Å². The van der Waals surface area contributed by atoms with E-state index < -0.39 is 5.97 Å². The van der Waals surface area contributed by atoms with Gasteiger partial charge in [0, 0.05) is 0 Å². The molecule has 0 amide bonds. The van der Waals surface area contributed by atoms with Crippen LogP contribution in [0.3, 0.4) is 0 Å². The zero-order chi connectivity index (χ0) is 15.4. The number of carbonyl (C=O) groups excluding carboxylic acids is 1. The first-order valence-corrected chi connectivity index (χ1v) is 6.45. The highest BCUT2D eigenvalue weighted by molar-refractivity contribution is 5.84. The zero-order valence-corrected chi connectivity index (χ0v) is 12.2. The third kappa shape index (κ3) is 8.91. The van der Waals surface area contributed by atoms with E-state index in [0.717, 1.165) is 18.3 Å². The van der Waals surface area contributed by atoms with E-state index in [1.807, 2.05) is 13.0 Å². The summed E-state index contributed by atoms with van der Waals surface area (Å²) in [7, 11) is 1.35. The van der Waals surface area contributed by atoms with Gasteiger partial charge in [-0.25, -0.2) is 4.79 Å². The topological polar surface area (TPSA) is 63.6 Å². The van der Waals surface area contributed by atoms with Crippen LogP contribution in [0.15, 0.2) is 47.8 Å². The van der Waals surface area contributed by atoms with Crippen molar-refractivity contribution < 1.29 is 19.4 Å². The highest BCUT2D eigenvalue weighted by atomic mass is 16.5. The van der Waals surface area contributed by atoms with Crippen molar-refractivity contribution >= 4 is 12.3 Å². The zero-order valence-electron chi connectivity index (χ0n) is 12.2. The number of methoxy groups -OCH3 is 1. The van der Waals surface area contributed by atoms with Crippen molar-refractivity contribution in [3.05, 3.63) is 47.8 Å². The normalized spacial score (nSPS) is 14.8. The quantitative estimate of drug-likeness (QED) is 0.304. The summed E-state index contributed by atoms with van der Waals surface area (Å²) in [6.45, 7) is 4.05. The lowest BCUT2D eigenvalue weighted by Crippen LogP contribution is -2.02. The number of carbonyl (C=O) groups is 2. The Labute approximate surface area is 120 Å². The number of carboxylic acid groups (broad SMARTS) is 1. The Morgan fingerprint density at radius 3 is 2.55 bits per heavy atom. The van der Waals surface area contributed by atoms with E-state index in [2.05, 4.69) is 13.0 Å². The van der Waals surface area contributed by atoms with E-state index in [4.69, 9.17) is 9.84 Å². The summed E-state index contributed by atoms with van der Waals surface area (Å²) < 4.78 is 4.75. The molecular weight excluding hydrogens is 256 g/mol. The second-order valence-corrected chi connectivity index (χ2v) is 4.42. The van der Waals surface area contributed by atoms with Crippen molar-refractivity contribution in [2.45, 2.75) is 26.7 Å². The highest BCUT2D eigenvalue weighted by Crippen LogP contribution is 2.12. The number of aldehydes is 1. The number of rotatable bonds is 9. The predicted molar refractivity (Wildman–Crippen MR) is 79.2 cm³/mol. The SMILES string of the molecule is CO/C(=C/CC[C@@H](C)/C=C(C)/C=C\C=C/C=O)C(=O)O. The van der Waals surface area contributed by atoms with Crippen molar-refractivity contribution in [2.24, 2.45) is 5.92 Å². The van der Waals surface area contributed by atoms with Gasteiger partial charge in [0.05, 0.1) is 7.11 Å². The van der Waals surface area contributed by atoms with Gasteiger partial charge in [0.1, 0.15) is 6.29 Å². The van der Waals surface area contributed by atoms with Crippen LogP contribution in [0.1, 0.15) is 26.7 Å². The monoisotopic (exact) mass is 278 g/mol. The minimum absolute atomic E-state index is 0.0169. The minimum atomic E-state index is -1.04. The Bertz CT molecular complexity index is 428. The molecule has 4 heteroatoms. The standard InChI is InChI=1S/C16H22O4/c1-13(8-5-4-6-11-17)12-14(2)9-7-10-15(20-3)16(18)19/h4-6,8,10-12,14H,7,9H2,1-3H3,(H,18,19)/b6-4-,8-5-,13-12+,15-10+/t14-/m1/s1. The molecule has 0 saturated carbocycles. The van der Waals surface area contributed by atoms with Crippen LogP contribution in [0.5, 0.6) is 0 Å². The van der Waals surface area contributed by atoms with Crippen LogP contribution >= 0.6 is 0 Å². The summed E-state index contributed by atoms with van der Waals surface area (Å²) in [4.78, 5) is 20.8. The molecule has 0 radical (unpaired) electrons. The predicted octanol–water partition coefficient (Wildman–Crippen LogP) is 3.28. The molecule has 0 aliphatic heterocycles. The van der Waals surface area contributed by atoms with Gasteiger partial charge in [0.15, 0.2) is 5.76 Å². The van der Waals surface area contributed by atoms with E-state index >= 15 is 0 Å². The minimum Gasteiger partial charge on any atom is -0.490 e. The molecule has 0 spiro atoms. The van der Waals surface area contributed by atoms with Crippen molar-refractivity contribution in [3.63, 3.8) is 0 Å². The van der Waals surface area contributed by atoms with Gasteiger partial charge in [-0.3, -0.25) is 4.79 Å². The van der Waals surface area contributed by atoms with Crippen LogP contribution in [0, 0.1) is 5.92 Å². The first-order valence-electron chi connectivity index (χ1n) is 6.45. The molecule has 1 N–H and O–H groups in total. The smallest absolute Gasteiger partial charge is 0.370 e. The molecule has 1 atom stereocenters. The summed E-state index contributed by atoms with van der Waals surface area (Å²) in [6.07, 6.45) is 12.7. The molecule has 110 valence electrons. The summed E-state index contributed by atoms with van der Waals surface area (Å²) in [5, 5.41) is 8.78. The van der Waals surface area contributed by atoms with Crippen LogP contribution in [-0.2, 0) is 14.3 Å².